The van der Waals surface area contributed by atoms with E-state index < -0.39 is 0 Å². The summed E-state index contributed by atoms with van der Waals surface area (Å²) >= 11 is 0. The lowest BCUT2D eigenvalue weighted by atomic mass is 9.91. The second kappa shape index (κ2) is 7.11. The summed E-state index contributed by atoms with van der Waals surface area (Å²) in [4.78, 5) is 17.2. The molecule has 2 fully saturated rings. The van der Waals surface area contributed by atoms with Gasteiger partial charge in [0.1, 0.15) is 11.6 Å². The molecule has 6 N–H and O–H groups in total. The van der Waals surface area contributed by atoms with Crippen LogP contribution >= 0.6 is 0 Å². The average molecular weight is 378 g/mol. The number of nitrogens with one attached hydrogen (secondary N) is 1. The third-order valence-electron chi connectivity index (χ3n) is 6.04. The fraction of sp³-hybridized carbons (Fsp3) is 0.318. The fourth-order valence-electron chi connectivity index (χ4n) is 4.74. The summed E-state index contributed by atoms with van der Waals surface area (Å²) in [5, 5.41) is 10.00. The number of aromatic nitrogens is 1. The number of aromatic hydroxyl groups is 1. The van der Waals surface area contributed by atoms with Gasteiger partial charge >= 0.3 is 0 Å². The summed E-state index contributed by atoms with van der Waals surface area (Å²) < 4.78 is 0. The number of aromatic amines is 1. The van der Waals surface area contributed by atoms with E-state index in [9.17, 15) is 9.90 Å². The third-order valence-corrected chi connectivity index (χ3v) is 6.04. The first-order valence-corrected chi connectivity index (χ1v) is 9.61. The molecule has 6 heteroatoms. The highest BCUT2D eigenvalue weighted by Crippen LogP contribution is 2.47. The Morgan fingerprint density at radius 3 is 2.82 bits per heavy atom. The SMILES string of the molecule is C=CC(=O)N1CC2CC(C1)C(c1cc(/C=C(\N)c3ccccc3O)c(N)[nH]1)C2. The highest BCUT2D eigenvalue weighted by molar-refractivity contribution is 5.87. The van der Waals surface area contributed by atoms with E-state index in [1.807, 2.05) is 17.0 Å². The van der Waals surface area contributed by atoms with Crippen molar-refractivity contribution in [3.8, 4) is 5.75 Å². The molecule has 0 spiro atoms. The van der Waals surface area contributed by atoms with Gasteiger partial charge in [0.15, 0.2) is 0 Å². The number of H-pyrrole nitrogens is 1. The molecule has 2 aromatic rings. The van der Waals surface area contributed by atoms with Crippen molar-refractivity contribution in [3.63, 3.8) is 0 Å². The number of carbonyl (C=O) groups is 1. The first-order valence-electron chi connectivity index (χ1n) is 9.61. The number of phenols is 1. The number of fused-ring (bicyclic) bond motifs is 2. The van der Waals surface area contributed by atoms with Crippen molar-refractivity contribution in [2.45, 2.75) is 18.8 Å². The number of anilines is 1. The van der Waals surface area contributed by atoms with E-state index in [4.69, 9.17) is 11.5 Å². The zero-order chi connectivity index (χ0) is 19.8. The van der Waals surface area contributed by atoms with Crippen LogP contribution in [-0.4, -0.2) is 34.0 Å². The second-order valence-corrected chi connectivity index (χ2v) is 7.86. The Bertz CT molecular complexity index is 946. The van der Waals surface area contributed by atoms with Gasteiger partial charge in [-0.3, -0.25) is 4.79 Å². The molecule has 1 aromatic heterocycles. The first-order chi connectivity index (χ1) is 13.5. The van der Waals surface area contributed by atoms with Crippen molar-refractivity contribution < 1.29 is 9.90 Å². The fourth-order valence-corrected chi connectivity index (χ4v) is 4.74. The molecule has 1 aliphatic carbocycles. The van der Waals surface area contributed by atoms with Crippen molar-refractivity contribution in [3.05, 3.63) is 59.8 Å². The van der Waals surface area contributed by atoms with Gasteiger partial charge in [0.05, 0.1) is 0 Å². The number of nitrogens with zero attached hydrogens (tertiary/aromatic N) is 1. The molecule has 3 atom stereocenters. The average Bonchev–Trinajstić information content (AvgIpc) is 3.19. The third kappa shape index (κ3) is 3.26. The van der Waals surface area contributed by atoms with Gasteiger partial charge in [-0.15, -0.1) is 0 Å². The van der Waals surface area contributed by atoms with Crippen LogP contribution in [0.25, 0.3) is 11.8 Å². The molecule has 6 nitrogen and oxygen atoms in total. The zero-order valence-electron chi connectivity index (χ0n) is 15.8. The lowest BCUT2D eigenvalue weighted by Crippen LogP contribution is -2.40. The summed E-state index contributed by atoms with van der Waals surface area (Å²) in [5.41, 5.74) is 15.4. The molecule has 146 valence electrons. The number of piperidine rings is 1. The minimum absolute atomic E-state index is 0.0143. The number of benzene rings is 1. The number of likely N-dealkylation sites (tertiary alicyclic amines) is 1. The van der Waals surface area contributed by atoms with Crippen LogP contribution in [0.2, 0.25) is 0 Å². The molecule has 3 unspecified atom stereocenters. The lowest BCUT2D eigenvalue weighted by Gasteiger charge is -2.31. The topological polar surface area (TPSA) is 108 Å². The second-order valence-electron chi connectivity index (χ2n) is 7.86. The smallest absolute Gasteiger partial charge is 0.245 e. The number of nitrogens with two attached hydrogens (primary N) is 2. The Hall–Kier alpha value is -3.15. The molecular formula is C22H26N4O2. The van der Waals surface area contributed by atoms with Crippen LogP contribution in [0.3, 0.4) is 0 Å². The summed E-state index contributed by atoms with van der Waals surface area (Å²) in [6.07, 6.45) is 5.37. The van der Waals surface area contributed by atoms with Crippen molar-refractivity contribution in [1.82, 2.24) is 9.88 Å². The Morgan fingerprint density at radius 2 is 2.07 bits per heavy atom. The standard InChI is InChI=1S/C22H26N4O2/c1-2-21(28)26-11-13-7-15(12-26)17(8-13)19-10-14(22(24)25-19)9-18(23)16-5-3-4-6-20(16)27/h2-6,9-10,13,15,17,25,27H,1,7-8,11-12,23-24H2/b18-9-. The molecule has 1 aromatic carbocycles. The lowest BCUT2D eigenvalue weighted by molar-refractivity contribution is -0.128. The Labute approximate surface area is 164 Å². The van der Waals surface area contributed by atoms with Gasteiger partial charge in [-0.25, -0.2) is 0 Å². The maximum Gasteiger partial charge on any atom is 0.245 e. The Balaban J connectivity index is 1.57. The summed E-state index contributed by atoms with van der Waals surface area (Å²) in [6.45, 7) is 5.17. The summed E-state index contributed by atoms with van der Waals surface area (Å²) in [7, 11) is 0. The number of nitrogen functional groups attached to an aromatic ring is 1. The number of phenolic OH excluding ortho intramolecular Hbond substituents is 1. The van der Waals surface area contributed by atoms with Crippen molar-refractivity contribution in [2.75, 3.05) is 18.8 Å². The number of rotatable bonds is 4. The van der Waals surface area contributed by atoms with E-state index in [1.54, 1.807) is 24.3 Å². The zero-order valence-corrected chi connectivity index (χ0v) is 15.8. The van der Waals surface area contributed by atoms with Crippen LogP contribution in [0.15, 0.2) is 43.0 Å². The number of carbonyl (C=O) groups excluding carboxylic acids is 1. The number of hydrogen-bond acceptors (Lipinski definition) is 4. The van der Waals surface area contributed by atoms with Crippen molar-refractivity contribution >= 4 is 23.5 Å². The molecule has 2 aliphatic rings. The highest BCUT2D eigenvalue weighted by Gasteiger charge is 2.42. The Kier molecular flexibility index (Phi) is 4.63. The molecule has 1 saturated carbocycles. The van der Waals surface area contributed by atoms with Gasteiger partial charge in [-0.05, 0) is 55.0 Å². The minimum Gasteiger partial charge on any atom is -0.507 e. The van der Waals surface area contributed by atoms with E-state index in [0.717, 1.165) is 37.2 Å². The molecule has 4 rings (SSSR count). The predicted molar refractivity (Wildman–Crippen MR) is 111 cm³/mol. The van der Waals surface area contributed by atoms with Gasteiger partial charge in [0, 0.05) is 41.5 Å². The van der Waals surface area contributed by atoms with Crippen molar-refractivity contribution in [1.29, 1.82) is 0 Å². The van der Waals surface area contributed by atoms with E-state index in [0.29, 0.717) is 34.8 Å². The van der Waals surface area contributed by atoms with Crippen LogP contribution in [0.1, 0.15) is 35.6 Å². The van der Waals surface area contributed by atoms with E-state index in [1.165, 1.54) is 6.08 Å². The van der Waals surface area contributed by atoms with E-state index in [-0.39, 0.29) is 11.7 Å². The maximum atomic E-state index is 12.0. The molecule has 28 heavy (non-hydrogen) atoms. The molecule has 2 heterocycles. The van der Waals surface area contributed by atoms with Crippen LogP contribution < -0.4 is 11.5 Å². The van der Waals surface area contributed by atoms with Crippen LogP contribution in [0.4, 0.5) is 5.82 Å². The largest absolute Gasteiger partial charge is 0.507 e. The molecule has 1 amide bonds. The molecule has 1 saturated heterocycles. The van der Waals surface area contributed by atoms with E-state index in [2.05, 4.69) is 11.6 Å². The normalized spacial score (nSPS) is 24.4. The number of amides is 1. The monoisotopic (exact) mass is 378 g/mol. The molecular weight excluding hydrogens is 352 g/mol. The van der Waals surface area contributed by atoms with Gasteiger partial charge in [-0.2, -0.15) is 0 Å². The summed E-state index contributed by atoms with van der Waals surface area (Å²) in [5.74, 6) is 2.01. The van der Waals surface area contributed by atoms with Crippen molar-refractivity contribution in [2.24, 2.45) is 17.6 Å². The Morgan fingerprint density at radius 1 is 1.29 bits per heavy atom. The first kappa shape index (κ1) is 18.2. The van der Waals surface area contributed by atoms with Crippen LogP contribution in [-0.2, 0) is 4.79 Å². The van der Waals surface area contributed by atoms with Crippen LogP contribution in [0, 0.1) is 11.8 Å². The number of para-hydroxylation sites is 1. The van der Waals surface area contributed by atoms with Gasteiger partial charge in [-0.1, -0.05) is 18.7 Å². The summed E-state index contributed by atoms with van der Waals surface area (Å²) in [6, 6.07) is 9.02. The minimum atomic E-state index is 0.0143. The maximum absolute atomic E-state index is 12.0. The predicted octanol–water partition coefficient (Wildman–Crippen LogP) is 2.90. The quantitative estimate of drug-likeness (QED) is 0.613. The van der Waals surface area contributed by atoms with Crippen LogP contribution in [0.5, 0.6) is 5.75 Å². The van der Waals surface area contributed by atoms with Gasteiger partial charge < -0.3 is 26.5 Å². The molecule has 1 aliphatic heterocycles. The van der Waals surface area contributed by atoms with Gasteiger partial charge in [0.2, 0.25) is 5.91 Å². The molecule has 2 bridgehead atoms. The number of hydrogen-bond donors (Lipinski definition) is 4. The van der Waals surface area contributed by atoms with Gasteiger partial charge in [0.25, 0.3) is 0 Å². The van der Waals surface area contributed by atoms with E-state index >= 15 is 0 Å². The molecule has 0 radical (unpaired) electrons. The highest BCUT2D eigenvalue weighted by atomic mass is 16.3.